The number of H-pyrrole nitrogens is 2. The number of rotatable bonds is 11. The van der Waals surface area contributed by atoms with Crippen molar-refractivity contribution in [1.82, 2.24) is 51.7 Å². The Hall–Kier alpha value is -4.37. The summed E-state index contributed by atoms with van der Waals surface area (Å²) in [6.45, 7) is 1.77. The third-order valence-electron chi connectivity index (χ3n) is 5.39. The van der Waals surface area contributed by atoms with Gasteiger partial charge in [-0.3, -0.25) is 19.2 Å². The number of carboxylic acids is 1. The number of aliphatic carboxylic acids is 1. The lowest BCUT2D eigenvalue weighted by Gasteiger charge is -2.24. The highest BCUT2D eigenvalue weighted by atomic mass is 16.4. The minimum Gasteiger partial charge on any atom is -0.480 e. The Bertz CT molecular complexity index is 1040. The van der Waals surface area contributed by atoms with E-state index in [1.54, 1.807) is 0 Å². The Morgan fingerprint density at radius 2 is 1.80 bits per heavy atom. The first-order valence-electron chi connectivity index (χ1n) is 10.9. The van der Waals surface area contributed by atoms with E-state index >= 15 is 0 Å². The first-order valence-corrected chi connectivity index (χ1v) is 10.9. The summed E-state index contributed by atoms with van der Waals surface area (Å²) in [5, 5.41) is 36.6. The van der Waals surface area contributed by atoms with Crippen LogP contribution in [0.5, 0.6) is 0 Å². The molecule has 1 aliphatic heterocycles. The maximum absolute atomic E-state index is 13.1. The Labute approximate surface area is 198 Å². The summed E-state index contributed by atoms with van der Waals surface area (Å²) in [6, 6.07) is -2.85. The Morgan fingerprint density at radius 3 is 2.40 bits per heavy atom. The molecule has 0 bridgehead atoms. The monoisotopic (exact) mass is 490 g/mol. The van der Waals surface area contributed by atoms with Crippen molar-refractivity contribution < 1.29 is 29.1 Å². The number of hydrogen-bond acceptors (Lipinski definition) is 9. The molecule has 6 N–H and O–H groups in total. The summed E-state index contributed by atoms with van der Waals surface area (Å²) in [5.41, 5.74) is 0.0107. The standard InChI is InChI=1S/C19H26N10O6/c1-10(30)20-5-3-2-4-12(19(34)35)24-17(32)15-6-11(23-16(31)13-7-21-27-25-13)9-29(15)18(33)14-8-22-28-26-14/h7-8,11-12,15H,2-6,9H2,1H3,(H,20,30)(H,23,31)(H,24,32)(H,34,35)(H,21,25,27)(H,22,26,28)/t11-,12+,15+/m1/s1. The van der Waals surface area contributed by atoms with E-state index < -0.39 is 41.8 Å². The third-order valence-corrected chi connectivity index (χ3v) is 5.39. The molecule has 3 atom stereocenters. The van der Waals surface area contributed by atoms with Crippen LogP contribution < -0.4 is 16.0 Å². The van der Waals surface area contributed by atoms with Gasteiger partial charge in [-0.25, -0.2) is 4.79 Å². The van der Waals surface area contributed by atoms with Crippen LogP contribution in [-0.2, 0) is 14.4 Å². The molecule has 0 radical (unpaired) electrons. The topological polar surface area (TPSA) is 228 Å². The van der Waals surface area contributed by atoms with Gasteiger partial charge in [0.25, 0.3) is 11.8 Å². The summed E-state index contributed by atoms with van der Waals surface area (Å²) in [6.07, 6.45) is 3.60. The Kier molecular flexibility index (Phi) is 8.42. The fourth-order valence-corrected chi connectivity index (χ4v) is 3.70. The van der Waals surface area contributed by atoms with Gasteiger partial charge in [-0.05, 0) is 25.7 Å². The molecule has 0 saturated carbocycles. The molecular weight excluding hydrogens is 464 g/mol. The van der Waals surface area contributed by atoms with E-state index in [-0.39, 0.29) is 36.7 Å². The second-order valence-electron chi connectivity index (χ2n) is 7.97. The smallest absolute Gasteiger partial charge is 0.326 e. The fourth-order valence-electron chi connectivity index (χ4n) is 3.70. The van der Waals surface area contributed by atoms with E-state index in [2.05, 4.69) is 46.8 Å². The predicted molar refractivity (Wildman–Crippen MR) is 116 cm³/mol. The predicted octanol–water partition coefficient (Wildman–Crippen LogP) is -2.19. The highest BCUT2D eigenvalue weighted by Crippen LogP contribution is 2.21. The minimum absolute atomic E-state index is 0.0121. The number of carbonyl (C=O) groups excluding carboxylic acids is 4. The molecule has 0 aromatic carbocycles. The third kappa shape index (κ3) is 6.81. The number of carboxylic acid groups (broad SMARTS) is 1. The van der Waals surface area contributed by atoms with Crippen LogP contribution in [0.1, 0.15) is 53.6 Å². The average Bonchev–Trinajstić information content (AvgIpc) is 3.59. The summed E-state index contributed by atoms with van der Waals surface area (Å²) in [7, 11) is 0. The number of nitrogens with one attached hydrogen (secondary N) is 5. The molecule has 188 valence electrons. The van der Waals surface area contributed by atoms with Gasteiger partial charge in [-0.2, -0.15) is 30.8 Å². The lowest BCUT2D eigenvalue weighted by molar-refractivity contribution is -0.142. The molecule has 4 amide bonds. The number of aromatic amines is 2. The van der Waals surface area contributed by atoms with Crippen LogP contribution in [0.25, 0.3) is 0 Å². The van der Waals surface area contributed by atoms with Gasteiger partial charge in [0.05, 0.1) is 12.4 Å². The highest BCUT2D eigenvalue weighted by Gasteiger charge is 2.42. The van der Waals surface area contributed by atoms with Crippen LogP contribution in [0, 0.1) is 0 Å². The second kappa shape index (κ2) is 11.7. The molecule has 0 unspecified atom stereocenters. The van der Waals surface area contributed by atoms with Crippen molar-refractivity contribution in [2.75, 3.05) is 13.1 Å². The summed E-state index contributed by atoms with van der Waals surface area (Å²) in [4.78, 5) is 62.2. The van der Waals surface area contributed by atoms with Crippen molar-refractivity contribution in [3.63, 3.8) is 0 Å². The number of unbranched alkanes of at least 4 members (excludes halogenated alkanes) is 1. The maximum atomic E-state index is 13.1. The Morgan fingerprint density at radius 1 is 1.11 bits per heavy atom. The molecule has 1 aliphatic rings. The molecule has 1 fully saturated rings. The molecule has 16 nitrogen and oxygen atoms in total. The van der Waals surface area contributed by atoms with Gasteiger partial charge in [0.1, 0.15) is 12.1 Å². The van der Waals surface area contributed by atoms with E-state index in [4.69, 9.17) is 0 Å². The quantitative estimate of drug-likeness (QED) is 0.186. The minimum atomic E-state index is -1.22. The van der Waals surface area contributed by atoms with Crippen molar-refractivity contribution in [2.45, 2.75) is 50.7 Å². The van der Waals surface area contributed by atoms with Crippen LogP contribution >= 0.6 is 0 Å². The first kappa shape index (κ1) is 25.3. The normalized spacial score (nSPS) is 18.0. The lowest BCUT2D eigenvalue weighted by Crippen LogP contribution is -2.51. The van der Waals surface area contributed by atoms with Crippen LogP contribution in [-0.4, -0.2) is 102 Å². The SMILES string of the molecule is CC(=O)NCCCC[C@H](NC(=O)[C@@H]1C[C@@H](NC(=O)c2cn[nH]n2)CN1C(=O)c1cn[nH]n1)C(=O)O. The van der Waals surface area contributed by atoms with Gasteiger partial charge >= 0.3 is 5.97 Å². The zero-order chi connectivity index (χ0) is 25.4. The second-order valence-corrected chi connectivity index (χ2v) is 7.97. The van der Waals surface area contributed by atoms with Gasteiger partial charge < -0.3 is 26.0 Å². The van der Waals surface area contributed by atoms with E-state index in [9.17, 15) is 29.1 Å². The van der Waals surface area contributed by atoms with E-state index in [0.29, 0.717) is 19.4 Å². The Balaban J connectivity index is 1.66. The molecule has 0 spiro atoms. The van der Waals surface area contributed by atoms with Crippen LogP contribution in [0.3, 0.4) is 0 Å². The van der Waals surface area contributed by atoms with Gasteiger partial charge in [-0.1, -0.05) is 0 Å². The van der Waals surface area contributed by atoms with Crippen molar-refractivity contribution in [3.05, 3.63) is 23.8 Å². The van der Waals surface area contributed by atoms with Crippen molar-refractivity contribution in [2.24, 2.45) is 0 Å². The number of amides is 4. The first-order chi connectivity index (χ1) is 16.8. The van der Waals surface area contributed by atoms with Gasteiger partial charge in [-0.15, -0.1) is 0 Å². The summed E-state index contributed by atoms with van der Waals surface area (Å²) < 4.78 is 0. The number of likely N-dealkylation sites (tertiary alicyclic amines) is 1. The molecular formula is C19H26N10O6. The molecule has 2 aromatic rings. The zero-order valence-corrected chi connectivity index (χ0v) is 18.9. The van der Waals surface area contributed by atoms with Crippen molar-refractivity contribution >= 4 is 29.6 Å². The summed E-state index contributed by atoms with van der Waals surface area (Å²) >= 11 is 0. The van der Waals surface area contributed by atoms with Gasteiger partial charge in [0.2, 0.25) is 11.8 Å². The van der Waals surface area contributed by atoms with Crippen LogP contribution in [0.15, 0.2) is 12.4 Å². The van der Waals surface area contributed by atoms with E-state index in [1.807, 2.05) is 0 Å². The highest BCUT2D eigenvalue weighted by molar-refractivity contribution is 5.97. The largest absolute Gasteiger partial charge is 0.480 e. The van der Waals surface area contributed by atoms with Gasteiger partial charge in [0, 0.05) is 26.1 Å². The fraction of sp³-hybridized carbons (Fsp3) is 0.526. The molecule has 1 saturated heterocycles. The molecule has 0 aliphatic carbocycles. The molecule has 35 heavy (non-hydrogen) atoms. The van der Waals surface area contributed by atoms with E-state index in [0.717, 1.165) is 0 Å². The molecule has 2 aromatic heterocycles. The van der Waals surface area contributed by atoms with Crippen LogP contribution in [0.4, 0.5) is 0 Å². The van der Waals surface area contributed by atoms with E-state index in [1.165, 1.54) is 24.2 Å². The maximum Gasteiger partial charge on any atom is 0.326 e. The molecule has 3 rings (SSSR count). The zero-order valence-electron chi connectivity index (χ0n) is 18.9. The van der Waals surface area contributed by atoms with Crippen LogP contribution in [0.2, 0.25) is 0 Å². The molecule has 3 heterocycles. The van der Waals surface area contributed by atoms with Crippen molar-refractivity contribution in [1.29, 1.82) is 0 Å². The molecule has 16 heteroatoms. The number of carbonyl (C=O) groups is 5. The lowest BCUT2D eigenvalue weighted by atomic mass is 10.1. The number of nitrogens with zero attached hydrogens (tertiary/aromatic N) is 5. The van der Waals surface area contributed by atoms with Gasteiger partial charge in [0.15, 0.2) is 11.4 Å². The number of aromatic nitrogens is 6. The summed E-state index contributed by atoms with van der Waals surface area (Å²) in [5.74, 6) is -3.22. The number of hydrogen-bond donors (Lipinski definition) is 6. The average molecular weight is 490 g/mol. The van der Waals surface area contributed by atoms with Crippen molar-refractivity contribution in [3.8, 4) is 0 Å².